The monoisotopic (exact) mass is 803 g/mol. The predicted octanol–water partition coefficient (Wildman–Crippen LogP) is 4.91. The standard InChI is InChI=1S/C14H8O8S2.2C12H8N2.Ni.H2O/c15-13-7-3-1-5-9(23(17,18)19)11(7)14(16)8-4-2-6-10(12(8)13)24(20,21)22;2*1-3-9-5-6-10-4-2-8-14-12(10)11(9)13-7-1;;/h1-6H,(H,17,18,19)(H,20,21,22);2*1-8H;;1H2/q;;;+2;/p-1. The van der Waals surface area contributed by atoms with E-state index >= 15 is 0 Å². The van der Waals surface area contributed by atoms with Gasteiger partial charge in [-0.25, -0.2) is 16.8 Å². The summed E-state index contributed by atoms with van der Waals surface area (Å²) < 4.78 is 68.0. The molecular weight excluding hydrogens is 779 g/mol. The van der Waals surface area contributed by atoms with Gasteiger partial charge < -0.3 is 14.6 Å². The number of fused-ring (bicyclic) bond motifs is 8. The third-order valence-electron chi connectivity index (χ3n) is 8.22. The van der Waals surface area contributed by atoms with Crippen LogP contribution >= 0.6 is 0 Å². The Balaban J connectivity index is 0.000000161. The van der Waals surface area contributed by atoms with Crippen LogP contribution < -0.4 is 0 Å². The van der Waals surface area contributed by atoms with Crippen molar-refractivity contribution in [2.45, 2.75) is 9.79 Å². The number of carbonyl (C=O) groups is 2. The number of nitrogens with zero attached hydrogens (tertiary/aromatic N) is 4. The average molecular weight is 804 g/mol. The van der Waals surface area contributed by atoms with Crippen molar-refractivity contribution in [2.75, 3.05) is 0 Å². The van der Waals surface area contributed by atoms with E-state index in [0.29, 0.717) is 0 Å². The molecule has 8 aromatic rings. The smallest absolute Gasteiger partial charge is 0.744 e. The maximum absolute atomic E-state index is 12.5. The molecule has 0 atom stereocenters. The van der Waals surface area contributed by atoms with Crippen molar-refractivity contribution in [1.29, 1.82) is 0 Å². The van der Waals surface area contributed by atoms with Gasteiger partial charge in [-0.15, -0.1) is 0 Å². The van der Waals surface area contributed by atoms with Gasteiger partial charge in [0, 0.05) is 57.5 Å². The summed E-state index contributed by atoms with van der Waals surface area (Å²) in [5.74, 6) is -2.03. The summed E-state index contributed by atoms with van der Waals surface area (Å²) in [6.45, 7) is 0. The molecule has 0 unspecified atom stereocenters. The van der Waals surface area contributed by atoms with Crippen LogP contribution in [0.2, 0.25) is 0 Å². The van der Waals surface area contributed by atoms with Crippen molar-refractivity contribution in [3.63, 3.8) is 0 Å². The molecular formula is C38H25N4NiO9S2+. The van der Waals surface area contributed by atoms with Gasteiger partial charge in [0.25, 0.3) is 0 Å². The van der Waals surface area contributed by atoms with Crippen LogP contribution in [0.4, 0.5) is 0 Å². The molecule has 4 aromatic heterocycles. The Morgan fingerprint density at radius 3 is 0.944 bits per heavy atom. The first-order valence-corrected chi connectivity index (χ1v) is 18.2. The molecule has 0 fully saturated rings. The number of rotatable bonds is 2. The van der Waals surface area contributed by atoms with Crippen molar-refractivity contribution in [3.05, 3.63) is 156 Å². The number of benzene rings is 4. The summed E-state index contributed by atoms with van der Waals surface area (Å²) >= 11 is 0. The van der Waals surface area contributed by atoms with Crippen molar-refractivity contribution in [3.8, 4) is 0 Å². The molecule has 1 aliphatic rings. The van der Waals surface area contributed by atoms with Crippen LogP contribution in [-0.2, 0) is 42.2 Å². The first-order chi connectivity index (χ1) is 24.9. The Morgan fingerprint density at radius 2 is 0.685 bits per heavy atom. The molecule has 13 nitrogen and oxygen atoms in total. The maximum atomic E-state index is 12.5. The Bertz CT molecular complexity index is 2670. The minimum Gasteiger partial charge on any atom is -0.744 e. The van der Waals surface area contributed by atoms with Crippen LogP contribution in [0, 0.1) is 0 Å². The van der Waals surface area contributed by atoms with Crippen LogP contribution in [-0.4, -0.2) is 57.4 Å². The minimum absolute atomic E-state index is 0. The number of hydrogen-bond acceptors (Lipinski definition) is 12. The van der Waals surface area contributed by atoms with E-state index in [-0.39, 0.29) is 22.0 Å². The van der Waals surface area contributed by atoms with Gasteiger partial charge in [-0.05, 0) is 36.4 Å². The molecule has 0 spiro atoms. The first kappa shape index (κ1) is 39.3. The Hall–Kier alpha value is -5.87. The summed E-state index contributed by atoms with van der Waals surface area (Å²) in [5, 5.41) is 4.55. The zero-order valence-corrected chi connectivity index (χ0v) is 30.1. The minimum atomic E-state index is -5.04. The third-order valence-corrected chi connectivity index (χ3v) is 9.98. The molecule has 16 heteroatoms. The molecule has 272 valence electrons. The summed E-state index contributed by atoms with van der Waals surface area (Å²) in [6.07, 6.45) is 7.21. The van der Waals surface area contributed by atoms with Gasteiger partial charge in [0.05, 0.1) is 43.0 Å². The van der Waals surface area contributed by atoms with E-state index in [4.69, 9.17) is 0 Å². The number of aromatic nitrogens is 4. The van der Waals surface area contributed by atoms with Gasteiger partial charge in [0.2, 0.25) is 0 Å². The van der Waals surface area contributed by atoms with E-state index in [0.717, 1.165) is 80.0 Å². The molecule has 4 heterocycles. The summed E-state index contributed by atoms with van der Waals surface area (Å²) in [6, 6.07) is 30.4. The van der Waals surface area contributed by atoms with E-state index in [1.165, 1.54) is 0 Å². The molecule has 0 amide bonds. The van der Waals surface area contributed by atoms with E-state index < -0.39 is 63.8 Å². The van der Waals surface area contributed by atoms with Gasteiger partial charge >= 0.3 is 16.5 Å². The fourth-order valence-corrected chi connectivity index (χ4v) is 7.35. The predicted molar refractivity (Wildman–Crippen MR) is 195 cm³/mol. The second kappa shape index (κ2) is 15.6. The van der Waals surface area contributed by atoms with Crippen molar-refractivity contribution in [1.82, 2.24) is 19.9 Å². The largest absolute Gasteiger partial charge is 2.00 e. The number of hydrogen-bond donors (Lipinski definition) is 0. The van der Waals surface area contributed by atoms with Crippen LogP contribution in [0.5, 0.6) is 0 Å². The number of pyridine rings is 4. The Kier molecular flexibility index (Phi) is 11.4. The van der Waals surface area contributed by atoms with Crippen molar-refractivity contribution < 1.29 is 57.5 Å². The third kappa shape index (κ3) is 7.47. The quantitative estimate of drug-likeness (QED) is 0.0981. The van der Waals surface area contributed by atoms with Crippen LogP contribution in [0.1, 0.15) is 31.8 Å². The second-order valence-electron chi connectivity index (χ2n) is 11.4. The van der Waals surface area contributed by atoms with E-state index in [2.05, 4.69) is 68.5 Å². The second-order valence-corrected chi connectivity index (χ2v) is 14.1. The van der Waals surface area contributed by atoms with Crippen molar-refractivity contribution in [2.24, 2.45) is 0 Å². The Labute approximate surface area is 317 Å². The SMILES string of the molecule is O=C1c2cccc(S(=O)(=O)[O-])c2C(=O)c2cccc(S(=O)(=O)[O-])c21.[Ni+2].[OH3+].c1cnc2c(c1)ccc1cccnc12.c1cnc2c(c1)ccc1cccnc12. The topological polar surface area (TPSA) is 233 Å². The molecule has 0 bridgehead atoms. The molecule has 54 heavy (non-hydrogen) atoms. The molecule has 1 aliphatic carbocycles. The van der Waals surface area contributed by atoms with Gasteiger partial charge in [0.1, 0.15) is 20.2 Å². The zero-order valence-electron chi connectivity index (χ0n) is 27.5. The average Bonchev–Trinajstić information content (AvgIpc) is 3.16. The Morgan fingerprint density at radius 1 is 0.407 bits per heavy atom. The fraction of sp³-hybridized carbons (Fsp3) is 0. The zero-order chi connectivity index (χ0) is 36.6. The summed E-state index contributed by atoms with van der Waals surface area (Å²) in [4.78, 5) is 40.7. The van der Waals surface area contributed by atoms with Gasteiger partial charge in [0.15, 0.2) is 11.6 Å². The molecule has 3 N–H and O–H groups in total. The van der Waals surface area contributed by atoms with Gasteiger partial charge in [-0.2, -0.15) is 0 Å². The maximum Gasteiger partial charge on any atom is 2.00 e. The van der Waals surface area contributed by atoms with E-state index in [1.54, 1.807) is 24.8 Å². The van der Waals surface area contributed by atoms with Gasteiger partial charge in [-0.3, -0.25) is 29.5 Å². The summed E-state index contributed by atoms with van der Waals surface area (Å²) in [5.41, 5.74) is 1.78. The molecule has 4 aromatic carbocycles. The van der Waals surface area contributed by atoms with E-state index in [9.17, 15) is 35.5 Å². The first-order valence-electron chi connectivity index (χ1n) is 15.4. The van der Waals surface area contributed by atoms with Gasteiger partial charge in [-0.1, -0.05) is 72.8 Å². The number of carbonyl (C=O) groups excluding carboxylic acids is 2. The summed E-state index contributed by atoms with van der Waals surface area (Å²) in [7, 11) is -10.1. The van der Waals surface area contributed by atoms with Crippen LogP contribution in [0.15, 0.2) is 144 Å². The normalized spacial score (nSPS) is 12.0. The fourth-order valence-electron chi connectivity index (χ4n) is 5.95. The molecule has 0 aliphatic heterocycles. The van der Waals surface area contributed by atoms with E-state index in [1.807, 2.05) is 24.3 Å². The van der Waals surface area contributed by atoms with Crippen molar-refractivity contribution >= 4 is 75.4 Å². The number of ketones is 2. The molecule has 0 saturated heterocycles. The molecule has 9 rings (SSSR count). The molecule has 0 saturated carbocycles. The molecule has 0 radical (unpaired) electrons. The van der Waals surface area contributed by atoms with Crippen LogP contribution in [0.25, 0.3) is 43.6 Å². The van der Waals surface area contributed by atoms with Crippen LogP contribution in [0.3, 0.4) is 0 Å².